The van der Waals surface area contributed by atoms with Crippen molar-refractivity contribution >= 4 is 17.3 Å². The third kappa shape index (κ3) is 2.52. The number of nitriles is 1. The first kappa shape index (κ1) is 13.8. The molecule has 20 heavy (non-hydrogen) atoms. The van der Waals surface area contributed by atoms with Crippen LogP contribution in [0, 0.1) is 17.2 Å². The summed E-state index contributed by atoms with van der Waals surface area (Å²) in [5.74, 6) is 1.30. The smallest absolute Gasteiger partial charge is 0.101 e. The molecule has 2 aliphatic rings. The lowest BCUT2D eigenvalue weighted by Crippen LogP contribution is -2.47. The maximum Gasteiger partial charge on any atom is 0.101 e. The molecular formula is C17H21ClN2. The van der Waals surface area contributed by atoms with E-state index in [1.54, 1.807) is 0 Å². The molecule has 0 aromatic heterocycles. The highest BCUT2D eigenvalue weighted by Crippen LogP contribution is 2.38. The molecule has 0 amide bonds. The fourth-order valence-corrected chi connectivity index (χ4v) is 4.10. The Kier molecular flexibility index (Phi) is 4.17. The molecule has 0 bridgehead atoms. The van der Waals surface area contributed by atoms with Gasteiger partial charge < -0.3 is 4.90 Å². The molecule has 1 saturated carbocycles. The zero-order valence-corrected chi connectivity index (χ0v) is 12.6. The number of hydrogen-bond acceptors (Lipinski definition) is 2. The van der Waals surface area contributed by atoms with Gasteiger partial charge in [-0.25, -0.2) is 0 Å². The molecule has 2 atom stereocenters. The van der Waals surface area contributed by atoms with E-state index in [-0.39, 0.29) is 0 Å². The molecule has 0 radical (unpaired) electrons. The second kappa shape index (κ2) is 6.06. The quantitative estimate of drug-likeness (QED) is 0.752. The Morgan fingerprint density at radius 2 is 2.00 bits per heavy atom. The summed E-state index contributed by atoms with van der Waals surface area (Å²) in [4.78, 5) is 2.50. The number of fused-ring (bicyclic) bond motifs is 1. The maximum absolute atomic E-state index is 9.45. The van der Waals surface area contributed by atoms with Gasteiger partial charge in [0.15, 0.2) is 0 Å². The number of anilines is 1. The molecular weight excluding hydrogens is 268 g/mol. The predicted octanol–water partition coefficient (Wildman–Crippen LogP) is 4.46. The Labute approximate surface area is 126 Å². The van der Waals surface area contributed by atoms with Gasteiger partial charge in [0.1, 0.15) is 6.07 Å². The highest BCUT2D eigenvalue weighted by atomic mass is 35.5. The van der Waals surface area contributed by atoms with Crippen LogP contribution in [-0.4, -0.2) is 12.6 Å². The molecule has 1 saturated heterocycles. The Bertz CT molecular complexity index is 518. The molecule has 1 aromatic carbocycles. The standard InChI is InChI=1S/C17H21ClN2/c18-11-13-7-8-17(15(10-13)12-19)20-9-3-5-14-4-1-2-6-16(14)20/h7-8,10,14,16H,1-6,9,11H2. The van der Waals surface area contributed by atoms with Crippen molar-refractivity contribution in [1.29, 1.82) is 5.26 Å². The van der Waals surface area contributed by atoms with Crippen LogP contribution in [0.5, 0.6) is 0 Å². The summed E-state index contributed by atoms with van der Waals surface area (Å²) in [7, 11) is 0. The molecule has 2 unspecified atom stereocenters. The summed E-state index contributed by atoms with van der Waals surface area (Å²) in [6.45, 7) is 1.09. The van der Waals surface area contributed by atoms with Gasteiger partial charge in [0.25, 0.3) is 0 Å². The molecule has 1 aromatic rings. The fourth-order valence-electron chi connectivity index (χ4n) is 3.93. The third-order valence-electron chi connectivity index (χ3n) is 4.89. The molecule has 106 valence electrons. The molecule has 2 fully saturated rings. The molecule has 3 rings (SSSR count). The van der Waals surface area contributed by atoms with E-state index in [2.05, 4.69) is 23.1 Å². The number of alkyl halides is 1. The first-order valence-corrected chi connectivity index (χ1v) is 8.22. The summed E-state index contributed by atoms with van der Waals surface area (Å²) in [5.41, 5.74) is 2.94. The zero-order valence-electron chi connectivity index (χ0n) is 11.8. The van der Waals surface area contributed by atoms with Crippen LogP contribution < -0.4 is 4.90 Å². The van der Waals surface area contributed by atoms with E-state index >= 15 is 0 Å². The maximum atomic E-state index is 9.45. The number of halogens is 1. The minimum Gasteiger partial charge on any atom is -0.367 e. The van der Waals surface area contributed by atoms with Crippen LogP contribution in [0.3, 0.4) is 0 Å². The van der Waals surface area contributed by atoms with Gasteiger partial charge in [-0.2, -0.15) is 5.26 Å². The molecule has 1 aliphatic carbocycles. The Morgan fingerprint density at radius 1 is 1.20 bits per heavy atom. The first-order chi connectivity index (χ1) is 9.83. The van der Waals surface area contributed by atoms with Crippen LogP contribution in [0.1, 0.15) is 49.7 Å². The summed E-state index contributed by atoms with van der Waals surface area (Å²) >= 11 is 5.88. The zero-order chi connectivity index (χ0) is 13.9. The van der Waals surface area contributed by atoms with Gasteiger partial charge in [0.2, 0.25) is 0 Å². The first-order valence-electron chi connectivity index (χ1n) is 7.69. The number of hydrogen-bond donors (Lipinski definition) is 0. The minimum atomic E-state index is 0.473. The lowest BCUT2D eigenvalue weighted by molar-refractivity contribution is 0.244. The minimum absolute atomic E-state index is 0.473. The van der Waals surface area contributed by atoms with Gasteiger partial charge in [-0.15, -0.1) is 11.6 Å². The van der Waals surface area contributed by atoms with Crippen molar-refractivity contribution in [3.05, 3.63) is 29.3 Å². The molecule has 1 aliphatic heterocycles. The van der Waals surface area contributed by atoms with Crippen LogP contribution in [-0.2, 0) is 5.88 Å². The predicted molar refractivity (Wildman–Crippen MR) is 83.0 cm³/mol. The molecule has 2 nitrogen and oxygen atoms in total. The second-order valence-corrected chi connectivity index (χ2v) is 6.31. The van der Waals surface area contributed by atoms with Crippen molar-refractivity contribution in [2.75, 3.05) is 11.4 Å². The Balaban J connectivity index is 1.93. The lowest BCUT2D eigenvalue weighted by atomic mass is 9.78. The van der Waals surface area contributed by atoms with Gasteiger partial charge in [0, 0.05) is 18.5 Å². The van der Waals surface area contributed by atoms with E-state index in [1.165, 1.54) is 38.5 Å². The lowest BCUT2D eigenvalue weighted by Gasteiger charge is -2.45. The van der Waals surface area contributed by atoms with Gasteiger partial charge in [-0.1, -0.05) is 18.9 Å². The van der Waals surface area contributed by atoms with Gasteiger partial charge in [-0.3, -0.25) is 0 Å². The summed E-state index contributed by atoms with van der Waals surface area (Å²) < 4.78 is 0. The van der Waals surface area contributed by atoms with Crippen molar-refractivity contribution in [3.8, 4) is 6.07 Å². The van der Waals surface area contributed by atoms with Crippen molar-refractivity contribution < 1.29 is 0 Å². The summed E-state index contributed by atoms with van der Waals surface area (Å²) in [5, 5.41) is 9.45. The largest absolute Gasteiger partial charge is 0.367 e. The molecule has 1 heterocycles. The van der Waals surface area contributed by atoms with Gasteiger partial charge >= 0.3 is 0 Å². The van der Waals surface area contributed by atoms with Gasteiger partial charge in [-0.05, 0) is 49.3 Å². The molecule has 0 N–H and O–H groups in total. The third-order valence-corrected chi connectivity index (χ3v) is 5.20. The highest BCUT2D eigenvalue weighted by Gasteiger charge is 2.34. The summed E-state index contributed by atoms with van der Waals surface area (Å²) in [6, 6.07) is 9.13. The summed E-state index contributed by atoms with van der Waals surface area (Å²) in [6.07, 6.45) is 7.98. The van der Waals surface area contributed by atoms with E-state index in [9.17, 15) is 5.26 Å². The number of benzene rings is 1. The highest BCUT2D eigenvalue weighted by molar-refractivity contribution is 6.17. The second-order valence-electron chi connectivity index (χ2n) is 6.04. The van der Waals surface area contributed by atoms with Crippen molar-refractivity contribution in [2.24, 2.45) is 5.92 Å². The Hall–Kier alpha value is -1.20. The topological polar surface area (TPSA) is 27.0 Å². The van der Waals surface area contributed by atoms with Crippen LogP contribution in [0.2, 0.25) is 0 Å². The number of rotatable bonds is 2. The number of nitrogens with zero attached hydrogens (tertiary/aromatic N) is 2. The van der Waals surface area contributed by atoms with Crippen molar-refractivity contribution in [2.45, 2.75) is 50.4 Å². The molecule has 0 spiro atoms. The number of piperidine rings is 1. The van der Waals surface area contributed by atoms with E-state index in [0.29, 0.717) is 11.9 Å². The van der Waals surface area contributed by atoms with E-state index in [4.69, 9.17) is 11.6 Å². The monoisotopic (exact) mass is 288 g/mol. The fraction of sp³-hybridized carbons (Fsp3) is 0.588. The SMILES string of the molecule is N#Cc1cc(CCl)ccc1N1CCCC2CCCCC21. The average molecular weight is 289 g/mol. The molecule has 3 heteroatoms. The van der Waals surface area contributed by atoms with Crippen LogP contribution >= 0.6 is 11.6 Å². The van der Waals surface area contributed by atoms with Crippen LogP contribution in [0.15, 0.2) is 18.2 Å². The normalized spacial score (nSPS) is 25.9. The average Bonchev–Trinajstić information content (AvgIpc) is 2.53. The van der Waals surface area contributed by atoms with Crippen molar-refractivity contribution in [3.63, 3.8) is 0 Å². The van der Waals surface area contributed by atoms with Crippen molar-refractivity contribution in [1.82, 2.24) is 0 Å². The van der Waals surface area contributed by atoms with Crippen LogP contribution in [0.4, 0.5) is 5.69 Å². The van der Waals surface area contributed by atoms with Crippen LogP contribution in [0.25, 0.3) is 0 Å². The van der Waals surface area contributed by atoms with E-state index in [0.717, 1.165) is 29.3 Å². The van der Waals surface area contributed by atoms with E-state index < -0.39 is 0 Å². The van der Waals surface area contributed by atoms with Gasteiger partial charge in [0.05, 0.1) is 11.3 Å². The Morgan fingerprint density at radius 3 is 2.80 bits per heavy atom. The van der Waals surface area contributed by atoms with E-state index in [1.807, 2.05) is 6.07 Å².